The number of carbonyl (C=O) groups excluding carboxylic acids is 2. The van der Waals surface area contributed by atoms with Crippen molar-refractivity contribution in [2.75, 3.05) is 19.6 Å². The van der Waals surface area contributed by atoms with Crippen LogP contribution in [-0.2, 0) is 4.79 Å². The number of aliphatic hydroxyl groups is 1. The topological polar surface area (TPSA) is 86.9 Å². The Kier molecular flexibility index (Phi) is 4.97. The van der Waals surface area contributed by atoms with Crippen molar-refractivity contribution in [3.63, 3.8) is 0 Å². The Hall–Kier alpha value is -1.89. The van der Waals surface area contributed by atoms with E-state index in [1.807, 2.05) is 4.90 Å². The second kappa shape index (κ2) is 7.26. The summed E-state index contributed by atoms with van der Waals surface area (Å²) < 4.78 is 5.03. The standard InChI is InChI=1S/C20H29N3O4/c1-14-12-17(21-27-14)19(26)22-10-8-20(9-11-22)7-6-18(25)23(13-20)15-2-4-16(24)5-3-15/h12,15-16,24H,2-11,13H2,1H3. The Labute approximate surface area is 159 Å². The normalized spacial score (nSPS) is 28.6. The van der Waals surface area contributed by atoms with Gasteiger partial charge in [0.1, 0.15) is 5.76 Å². The van der Waals surface area contributed by atoms with Gasteiger partial charge < -0.3 is 19.4 Å². The summed E-state index contributed by atoms with van der Waals surface area (Å²) in [6.07, 6.45) is 6.56. The monoisotopic (exact) mass is 375 g/mol. The zero-order chi connectivity index (χ0) is 19.0. The van der Waals surface area contributed by atoms with Gasteiger partial charge in [-0.3, -0.25) is 9.59 Å². The number of piperidine rings is 2. The van der Waals surface area contributed by atoms with E-state index in [-0.39, 0.29) is 29.4 Å². The first-order valence-electron chi connectivity index (χ1n) is 10.2. The van der Waals surface area contributed by atoms with Crippen LogP contribution in [0.15, 0.2) is 10.6 Å². The highest BCUT2D eigenvalue weighted by atomic mass is 16.5. The van der Waals surface area contributed by atoms with Crippen LogP contribution in [0.5, 0.6) is 0 Å². The number of likely N-dealkylation sites (tertiary alicyclic amines) is 2. The third-order valence-corrected chi connectivity index (χ3v) is 6.76. The molecule has 0 unspecified atom stereocenters. The third-order valence-electron chi connectivity index (χ3n) is 6.76. The van der Waals surface area contributed by atoms with Crippen molar-refractivity contribution < 1.29 is 19.2 Å². The van der Waals surface area contributed by atoms with E-state index < -0.39 is 0 Å². The van der Waals surface area contributed by atoms with Gasteiger partial charge >= 0.3 is 0 Å². The molecule has 1 saturated carbocycles. The van der Waals surface area contributed by atoms with Crippen molar-refractivity contribution in [1.29, 1.82) is 0 Å². The summed E-state index contributed by atoms with van der Waals surface area (Å²) in [5, 5.41) is 13.6. The maximum Gasteiger partial charge on any atom is 0.276 e. The molecule has 0 bridgehead atoms. The number of rotatable bonds is 2. The number of amides is 2. The van der Waals surface area contributed by atoms with Crippen LogP contribution in [0, 0.1) is 12.3 Å². The average Bonchev–Trinajstić information content (AvgIpc) is 3.11. The van der Waals surface area contributed by atoms with E-state index in [9.17, 15) is 14.7 Å². The summed E-state index contributed by atoms with van der Waals surface area (Å²) in [5.74, 6) is 0.844. The number of aromatic nitrogens is 1. The summed E-state index contributed by atoms with van der Waals surface area (Å²) in [7, 11) is 0. The zero-order valence-corrected chi connectivity index (χ0v) is 16.0. The van der Waals surface area contributed by atoms with E-state index in [0.29, 0.717) is 31.0 Å². The van der Waals surface area contributed by atoms with Gasteiger partial charge in [-0.1, -0.05) is 5.16 Å². The van der Waals surface area contributed by atoms with Gasteiger partial charge in [0.25, 0.3) is 5.91 Å². The van der Waals surface area contributed by atoms with Gasteiger partial charge in [-0.05, 0) is 57.3 Å². The highest BCUT2D eigenvalue weighted by molar-refractivity contribution is 5.92. The van der Waals surface area contributed by atoms with Gasteiger partial charge in [-0.2, -0.15) is 0 Å². The molecule has 7 nitrogen and oxygen atoms in total. The maximum atomic E-state index is 12.6. The molecule has 1 aromatic rings. The van der Waals surface area contributed by atoms with E-state index in [4.69, 9.17) is 4.52 Å². The van der Waals surface area contributed by atoms with Crippen molar-refractivity contribution in [2.45, 2.75) is 70.4 Å². The van der Waals surface area contributed by atoms with E-state index in [1.165, 1.54) is 0 Å². The molecule has 1 aliphatic carbocycles. The fourth-order valence-corrected chi connectivity index (χ4v) is 4.97. The molecule has 3 aliphatic rings. The largest absolute Gasteiger partial charge is 0.393 e. The summed E-state index contributed by atoms with van der Waals surface area (Å²) in [4.78, 5) is 29.1. The van der Waals surface area contributed by atoms with Crippen molar-refractivity contribution >= 4 is 11.8 Å². The molecular formula is C20H29N3O4. The summed E-state index contributed by atoms with van der Waals surface area (Å²) >= 11 is 0. The maximum absolute atomic E-state index is 12.6. The molecule has 27 heavy (non-hydrogen) atoms. The Morgan fingerprint density at radius 2 is 1.93 bits per heavy atom. The van der Waals surface area contributed by atoms with Crippen molar-refractivity contribution in [3.05, 3.63) is 17.5 Å². The number of aliphatic hydroxyl groups excluding tert-OH is 1. The van der Waals surface area contributed by atoms with Crippen LogP contribution >= 0.6 is 0 Å². The molecule has 4 rings (SSSR count). The van der Waals surface area contributed by atoms with E-state index in [0.717, 1.165) is 51.5 Å². The van der Waals surface area contributed by atoms with E-state index in [2.05, 4.69) is 10.1 Å². The minimum Gasteiger partial charge on any atom is -0.393 e. The van der Waals surface area contributed by atoms with Crippen LogP contribution in [0.25, 0.3) is 0 Å². The van der Waals surface area contributed by atoms with Gasteiger partial charge in [0.05, 0.1) is 6.10 Å². The molecular weight excluding hydrogens is 346 g/mol. The number of nitrogens with zero attached hydrogens (tertiary/aromatic N) is 3. The molecule has 0 aromatic carbocycles. The van der Waals surface area contributed by atoms with Crippen LogP contribution in [0.3, 0.4) is 0 Å². The SMILES string of the molecule is Cc1cc(C(=O)N2CCC3(CCC(=O)N(C4CCC(O)CC4)C3)CC2)no1. The first-order chi connectivity index (χ1) is 13.0. The van der Waals surface area contributed by atoms with Crippen LogP contribution < -0.4 is 0 Å². The molecule has 2 saturated heterocycles. The first-order valence-corrected chi connectivity index (χ1v) is 10.2. The average molecular weight is 375 g/mol. The molecule has 1 spiro atoms. The summed E-state index contributed by atoms with van der Waals surface area (Å²) in [5.41, 5.74) is 0.505. The molecule has 3 fully saturated rings. The summed E-state index contributed by atoms with van der Waals surface area (Å²) in [6, 6.07) is 1.96. The lowest BCUT2D eigenvalue weighted by atomic mass is 9.71. The van der Waals surface area contributed by atoms with Crippen LogP contribution in [0.1, 0.15) is 67.6 Å². The van der Waals surface area contributed by atoms with Crippen molar-refractivity contribution in [2.24, 2.45) is 5.41 Å². The first kappa shape index (κ1) is 18.5. The molecule has 148 valence electrons. The lowest BCUT2D eigenvalue weighted by molar-refractivity contribution is -0.143. The Balaban J connectivity index is 1.38. The van der Waals surface area contributed by atoms with Gasteiger partial charge in [-0.15, -0.1) is 0 Å². The third kappa shape index (κ3) is 3.74. The molecule has 3 heterocycles. The molecule has 7 heteroatoms. The Bertz CT molecular complexity index is 700. The summed E-state index contributed by atoms with van der Waals surface area (Å²) in [6.45, 7) is 4.00. The van der Waals surface area contributed by atoms with Crippen molar-refractivity contribution in [1.82, 2.24) is 15.0 Å². The minimum atomic E-state index is -0.204. The lowest BCUT2D eigenvalue weighted by Crippen LogP contribution is -2.55. The highest BCUT2D eigenvalue weighted by Crippen LogP contribution is 2.42. The fraction of sp³-hybridized carbons (Fsp3) is 0.750. The second-order valence-corrected chi connectivity index (χ2v) is 8.60. The molecule has 0 radical (unpaired) electrons. The molecule has 0 atom stereocenters. The van der Waals surface area contributed by atoms with E-state index >= 15 is 0 Å². The van der Waals surface area contributed by atoms with Gasteiger partial charge in [-0.25, -0.2) is 0 Å². The second-order valence-electron chi connectivity index (χ2n) is 8.60. The predicted molar refractivity (Wildman–Crippen MR) is 98.0 cm³/mol. The number of aryl methyl sites for hydroxylation is 1. The molecule has 2 aliphatic heterocycles. The Morgan fingerprint density at radius 3 is 2.56 bits per heavy atom. The molecule has 1 N–H and O–H groups in total. The molecule has 2 amide bonds. The molecule has 1 aromatic heterocycles. The van der Waals surface area contributed by atoms with E-state index in [1.54, 1.807) is 13.0 Å². The number of hydrogen-bond acceptors (Lipinski definition) is 5. The van der Waals surface area contributed by atoms with Crippen molar-refractivity contribution in [3.8, 4) is 0 Å². The zero-order valence-electron chi connectivity index (χ0n) is 16.0. The number of hydrogen-bond donors (Lipinski definition) is 1. The van der Waals surface area contributed by atoms with Gasteiger partial charge in [0.15, 0.2) is 5.69 Å². The smallest absolute Gasteiger partial charge is 0.276 e. The fourth-order valence-electron chi connectivity index (χ4n) is 4.97. The van der Waals surface area contributed by atoms with Gasteiger partial charge in [0, 0.05) is 38.2 Å². The van der Waals surface area contributed by atoms with Crippen LogP contribution in [-0.4, -0.2) is 63.7 Å². The Morgan fingerprint density at radius 1 is 1.22 bits per heavy atom. The quantitative estimate of drug-likeness (QED) is 0.856. The predicted octanol–water partition coefficient (Wildman–Crippen LogP) is 2.13. The highest BCUT2D eigenvalue weighted by Gasteiger charge is 2.44. The van der Waals surface area contributed by atoms with Gasteiger partial charge in [0.2, 0.25) is 5.91 Å². The number of carbonyl (C=O) groups is 2. The van der Waals surface area contributed by atoms with Crippen LogP contribution in [0.4, 0.5) is 0 Å². The lowest BCUT2D eigenvalue weighted by Gasteiger charge is -2.50. The minimum absolute atomic E-state index is 0.0632. The van der Waals surface area contributed by atoms with Crippen LogP contribution in [0.2, 0.25) is 0 Å².